The molecule has 0 aliphatic carbocycles. The first kappa shape index (κ1) is 24.9. The molecule has 1 amide bonds. The third kappa shape index (κ3) is 5.38. The van der Waals surface area contributed by atoms with Crippen LogP contribution in [0.25, 0.3) is 23.0 Å². The first-order valence-corrected chi connectivity index (χ1v) is 12.1. The zero-order chi connectivity index (χ0) is 25.8. The molecule has 36 heavy (non-hydrogen) atoms. The van der Waals surface area contributed by atoms with Crippen molar-refractivity contribution in [3.8, 4) is 23.0 Å². The highest BCUT2D eigenvalue weighted by Crippen LogP contribution is 2.25. The van der Waals surface area contributed by atoms with Crippen LogP contribution in [0.15, 0.2) is 82.3 Å². The highest BCUT2D eigenvalue weighted by atomic mass is 32.2. The molecule has 0 atom stereocenters. The molecule has 4 aromatic rings. The summed E-state index contributed by atoms with van der Waals surface area (Å²) in [6.45, 7) is -1.19. The number of carbonyl (C=O) groups is 1. The quantitative estimate of drug-likeness (QED) is 0.338. The molecule has 0 aliphatic rings. The summed E-state index contributed by atoms with van der Waals surface area (Å²) in [5, 5.41) is 6.32. The van der Waals surface area contributed by atoms with E-state index in [1.54, 1.807) is 24.4 Å². The number of amides is 1. The van der Waals surface area contributed by atoms with Crippen molar-refractivity contribution in [1.82, 2.24) is 15.1 Å². The largest absolute Gasteiger partial charge is 0.332 e. The summed E-state index contributed by atoms with van der Waals surface area (Å²) in [4.78, 5) is 20.6. The van der Waals surface area contributed by atoms with Crippen molar-refractivity contribution >= 4 is 27.3 Å². The molecule has 0 bridgehead atoms. The summed E-state index contributed by atoms with van der Waals surface area (Å²) in [6, 6.07) is 16.9. The van der Waals surface area contributed by atoms with E-state index in [2.05, 4.69) is 25.2 Å². The molecule has 0 radical (unpaired) electrons. The minimum absolute atomic E-state index is 0.0310. The lowest BCUT2D eigenvalue weighted by Gasteiger charge is -2.21. The first-order chi connectivity index (χ1) is 17.2. The van der Waals surface area contributed by atoms with E-state index < -0.39 is 34.7 Å². The molecule has 0 unspecified atom stereocenters. The van der Waals surface area contributed by atoms with Crippen LogP contribution in [-0.2, 0) is 14.8 Å². The van der Waals surface area contributed by atoms with E-state index >= 15 is 0 Å². The number of aromatic nitrogens is 3. The number of nitrogens with one attached hydrogen (secondary N) is 2. The van der Waals surface area contributed by atoms with Gasteiger partial charge in [-0.3, -0.25) is 14.5 Å². The number of hydrogen-bond acceptors (Lipinski definition) is 7. The fourth-order valence-corrected chi connectivity index (χ4v) is 4.08. The number of alkyl halides is 2. The predicted molar refractivity (Wildman–Crippen MR) is 129 cm³/mol. The molecular formula is C24H21F2N5O4S. The minimum atomic E-state index is -3.99. The molecule has 186 valence electrons. The highest BCUT2D eigenvalue weighted by Gasteiger charge is 2.33. The van der Waals surface area contributed by atoms with E-state index in [1.807, 2.05) is 0 Å². The zero-order valence-corrected chi connectivity index (χ0v) is 19.8. The number of benzene rings is 2. The second-order valence-electron chi connectivity index (χ2n) is 8.13. The predicted octanol–water partition coefficient (Wildman–Crippen LogP) is 4.48. The topological polar surface area (TPSA) is 127 Å². The molecule has 2 heterocycles. The normalized spacial score (nSPS) is 11.8. The van der Waals surface area contributed by atoms with E-state index in [-0.39, 0.29) is 28.0 Å². The van der Waals surface area contributed by atoms with Gasteiger partial charge in [-0.1, -0.05) is 17.3 Å². The number of halogens is 2. The van der Waals surface area contributed by atoms with Crippen molar-refractivity contribution in [2.45, 2.75) is 11.8 Å². The van der Waals surface area contributed by atoms with Crippen molar-refractivity contribution in [2.75, 3.05) is 23.4 Å². The van der Waals surface area contributed by atoms with Crippen molar-refractivity contribution in [3.63, 3.8) is 0 Å². The third-order valence-electron chi connectivity index (χ3n) is 5.24. The average molecular weight is 514 g/mol. The summed E-state index contributed by atoms with van der Waals surface area (Å²) in [5.74, 6) is -0.352. The van der Waals surface area contributed by atoms with Gasteiger partial charge in [0, 0.05) is 17.4 Å². The van der Waals surface area contributed by atoms with Crippen LogP contribution in [-0.4, -0.2) is 42.8 Å². The number of anilines is 2. The fraction of sp³-hybridized carbons (Fsp3) is 0.167. The second kappa shape index (κ2) is 10.2. The van der Waals surface area contributed by atoms with Crippen LogP contribution in [0.1, 0.15) is 6.92 Å². The monoisotopic (exact) mass is 513 g/mol. The van der Waals surface area contributed by atoms with Gasteiger partial charge in [0.1, 0.15) is 24.5 Å². The number of carbonyl (C=O) groups excluding carboxylic acids is 1. The Morgan fingerprint density at radius 3 is 2.39 bits per heavy atom. The smallest absolute Gasteiger partial charge is 0.276 e. The van der Waals surface area contributed by atoms with Gasteiger partial charge >= 0.3 is 0 Å². The summed E-state index contributed by atoms with van der Waals surface area (Å²) in [5.41, 5.74) is -0.443. The van der Waals surface area contributed by atoms with Gasteiger partial charge < -0.3 is 9.84 Å². The van der Waals surface area contributed by atoms with Crippen LogP contribution < -0.4 is 10.0 Å². The Bertz CT molecular complexity index is 1460. The van der Waals surface area contributed by atoms with Crippen LogP contribution in [0, 0.1) is 5.41 Å². The van der Waals surface area contributed by atoms with Crippen LogP contribution in [0.4, 0.5) is 20.2 Å². The lowest BCUT2D eigenvalue weighted by molar-refractivity contribution is -0.126. The van der Waals surface area contributed by atoms with Gasteiger partial charge in [-0.2, -0.15) is 4.98 Å². The molecule has 0 fully saturated rings. The Kier molecular flexibility index (Phi) is 7.06. The molecule has 2 aromatic carbocycles. The molecule has 2 aromatic heterocycles. The van der Waals surface area contributed by atoms with Gasteiger partial charge in [0.05, 0.1) is 10.6 Å². The zero-order valence-electron chi connectivity index (χ0n) is 19.0. The summed E-state index contributed by atoms with van der Waals surface area (Å²) in [7, 11) is -3.99. The molecule has 2 N–H and O–H groups in total. The lowest BCUT2D eigenvalue weighted by Crippen LogP contribution is -2.37. The maximum Gasteiger partial charge on any atom is 0.276 e. The summed E-state index contributed by atoms with van der Waals surface area (Å²) in [6.07, 6.45) is 1.60. The maximum atomic E-state index is 13.1. The van der Waals surface area contributed by atoms with Crippen molar-refractivity contribution in [1.29, 1.82) is 0 Å². The van der Waals surface area contributed by atoms with Gasteiger partial charge in [0.15, 0.2) is 0 Å². The average Bonchev–Trinajstić information content (AvgIpc) is 3.39. The van der Waals surface area contributed by atoms with Crippen LogP contribution in [0.5, 0.6) is 0 Å². The number of rotatable bonds is 9. The van der Waals surface area contributed by atoms with E-state index in [9.17, 15) is 22.0 Å². The van der Waals surface area contributed by atoms with Crippen LogP contribution in [0.2, 0.25) is 0 Å². The van der Waals surface area contributed by atoms with Gasteiger partial charge in [-0.25, -0.2) is 17.2 Å². The molecule has 0 spiro atoms. The van der Waals surface area contributed by atoms with Crippen LogP contribution >= 0.6 is 0 Å². The van der Waals surface area contributed by atoms with Crippen molar-refractivity contribution < 1.29 is 26.5 Å². The van der Waals surface area contributed by atoms with Crippen molar-refractivity contribution in [3.05, 3.63) is 72.9 Å². The Hall–Kier alpha value is -4.19. The molecule has 12 heteroatoms. The van der Waals surface area contributed by atoms with Gasteiger partial charge in [-0.15, -0.1) is 0 Å². The number of hydrogen-bond donors (Lipinski definition) is 2. The third-order valence-corrected chi connectivity index (χ3v) is 6.64. The number of pyridine rings is 1. The molecule has 0 saturated heterocycles. The molecular weight excluding hydrogens is 492 g/mol. The SMILES string of the molecule is CC(CF)(CF)C(=O)Nc1cccc(NS(=O)(=O)c2ccc(-c3noc(-c4ccccn4)n3)cc2)c1. The second-order valence-corrected chi connectivity index (χ2v) is 9.81. The first-order valence-electron chi connectivity index (χ1n) is 10.7. The Morgan fingerprint density at radius 2 is 1.72 bits per heavy atom. The van der Waals surface area contributed by atoms with Crippen molar-refractivity contribution in [2.24, 2.45) is 5.41 Å². The molecule has 4 rings (SSSR count). The fourth-order valence-electron chi connectivity index (χ4n) is 3.03. The van der Waals surface area contributed by atoms with E-state index in [0.717, 1.165) is 6.92 Å². The lowest BCUT2D eigenvalue weighted by atomic mass is 9.93. The minimum Gasteiger partial charge on any atom is -0.332 e. The van der Waals surface area contributed by atoms with E-state index in [0.29, 0.717) is 11.3 Å². The molecule has 0 saturated carbocycles. The van der Waals surface area contributed by atoms with Crippen LogP contribution in [0.3, 0.4) is 0 Å². The Labute approximate surface area is 205 Å². The summed E-state index contributed by atoms with van der Waals surface area (Å²) >= 11 is 0. The highest BCUT2D eigenvalue weighted by molar-refractivity contribution is 7.92. The number of nitrogens with zero attached hydrogens (tertiary/aromatic N) is 3. The number of sulfonamides is 1. The molecule has 0 aliphatic heterocycles. The molecule has 9 nitrogen and oxygen atoms in total. The standard InChI is InChI=1S/C24H21F2N5O4S/c1-24(14-25,15-26)23(32)28-17-5-4-6-18(13-17)31-36(33,34)19-10-8-16(9-11-19)21-29-22(35-30-21)20-7-2-3-12-27-20/h2-13,31H,14-15H2,1H3,(H,28,32). The van der Waals surface area contributed by atoms with E-state index in [4.69, 9.17) is 4.52 Å². The van der Waals surface area contributed by atoms with E-state index in [1.165, 1.54) is 48.5 Å². The Balaban J connectivity index is 1.48. The maximum absolute atomic E-state index is 13.1. The van der Waals surface area contributed by atoms with Gasteiger partial charge in [0.2, 0.25) is 11.7 Å². The van der Waals surface area contributed by atoms with Gasteiger partial charge in [-0.05, 0) is 61.5 Å². The summed E-state index contributed by atoms with van der Waals surface area (Å²) < 4.78 is 59.6. The Morgan fingerprint density at radius 1 is 1.00 bits per heavy atom. The van der Waals surface area contributed by atoms with Gasteiger partial charge in [0.25, 0.3) is 15.9 Å².